The molecule has 3 heteroatoms. The van der Waals surface area contributed by atoms with E-state index in [1.165, 1.54) is 32.1 Å². The molecule has 0 aliphatic heterocycles. The third kappa shape index (κ3) is 13.9. The van der Waals surface area contributed by atoms with E-state index in [9.17, 15) is 0 Å². The molecule has 0 aromatic heterocycles. The van der Waals surface area contributed by atoms with Crippen LogP contribution < -0.4 is 5.32 Å². The fourth-order valence-corrected chi connectivity index (χ4v) is 1.52. The van der Waals surface area contributed by atoms with Crippen molar-refractivity contribution in [3.63, 3.8) is 0 Å². The minimum atomic E-state index is 0.855. The second-order valence-electron chi connectivity index (χ2n) is 4.58. The summed E-state index contributed by atoms with van der Waals surface area (Å²) in [6.07, 6.45) is 6.38. The molecule has 0 saturated heterocycles. The van der Waals surface area contributed by atoms with Crippen LogP contribution in [0.5, 0.6) is 0 Å². The molecular formula is C13H30N2O. The Bertz CT molecular complexity index is 129. The van der Waals surface area contributed by atoms with Crippen molar-refractivity contribution in [1.82, 2.24) is 10.2 Å². The van der Waals surface area contributed by atoms with Crippen LogP contribution in [0.15, 0.2) is 0 Å². The van der Waals surface area contributed by atoms with Gasteiger partial charge in [0.05, 0.1) is 6.61 Å². The van der Waals surface area contributed by atoms with Gasteiger partial charge in [-0.05, 0) is 40.0 Å². The number of rotatable bonds is 12. The Balaban J connectivity index is 2.88. The van der Waals surface area contributed by atoms with Crippen LogP contribution in [0.1, 0.15) is 39.0 Å². The molecule has 0 fully saturated rings. The molecule has 0 radical (unpaired) electrons. The average Bonchev–Trinajstić information content (AvgIpc) is 2.25. The summed E-state index contributed by atoms with van der Waals surface area (Å²) in [5, 5.41) is 3.39. The minimum absolute atomic E-state index is 0.855. The van der Waals surface area contributed by atoms with Crippen molar-refractivity contribution in [3.8, 4) is 0 Å². The molecule has 0 saturated carbocycles. The second kappa shape index (κ2) is 12.9. The van der Waals surface area contributed by atoms with Crippen LogP contribution in [0.2, 0.25) is 0 Å². The van der Waals surface area contributed by atoms with Crippen molar-refractivity contribution >= 4 is 0 Å². The predicted octanol–water partition coefficient (Wildman–Crippen LogP) is 2.12. The first-order chi connectivity index (χ1) is 7.77. The van der Waals surface area contributed by atoms with E-state index in [-0.39, 0.29) is 0 Å². The molecule has 0 aliphatic carbocycles. The van der Waals surface area contributed by atoms with Gasteiger partial charge in [0.25, 0.3) is 0 Å². The van der Waals surface area contributed by atoms with Crippen molar-refractivity contribution < 1.29 is 4.74 Å². The molecular weight excluding hydrogens is 200 g/mol. The first-order valence-electron chi connectivity index (χ1n) is 6.70. The van der Waals surface area contributed by atoms with Gasteiger partial charge in [0.1, 0.15) is 0 Å². The largest absolute Gasteiger partial charge is 0.380 e. The lowest BCUT2D eigenvalue weighted by atomic mass is 10.2. The lowest BCUT2D eigenvalue weighted by molar-refractivity contribution is 0.131. The van der Waals surface area contributed by atoms with Gasteiger partial charge in [0.15, 0.2) is 0 Å². The van der Waals surface area contributed by atoms with E-state index in [2.05, 4.69) is 31.2 Å². The summed E-state index contributed by atoms with van der Waals surface area (Å²) in [6.45, 7) is 7.26. The molecule has 0 aromatic carbocycles. The summed E-state index contributed by atoms with van der Waals surface area (Å²) in [6, 6.07) is 0. The van der Waals surface area contributed by atoms with Crippen molar-refractivity contribution in [1.29, 1.82) is 0 Å². The zero-order valence-electron chi connectivity index (χ0n) is 11.4. The van der Waals surface area contributed by atoms with Crippen LogP contribution in [-0.2, 0) is 4.74 Å². The van der Waals surface area contributed by atoms with Crippen LogP contribution in [0, 0.1) is 0 Å². The van der Waals surface area contributed by atoms with Crippen molar-refractivity contribution in [2.45, 2.75) is 39.0 Å². The molecule has 0 aromatic rings. The SMILES string of the molecule is CCCCCCOCCNCCCN(C)C. The van der Waals surface area contributed by atoms with Gasteiger partial charge in [-0.3, -0.25) is 0 Å². The first kappa shape index (κ1) is 15.9. The average molecular weight is 230 g/mol. The topological polar surface area (TPSA) is 24.5 Å². The highest BCUT2D eigenvalue weighted by Gasteiger charge is 1.92. The Morgan fingerprint density at radius 1 is 0.938 bits per heavy atom. The summed E-state index contributed by atoms with van der Waals surface area (Å²) in [7, 11) is 4.22. The third-order valence-electron chi connectivity index (χ3n) is 2.52. The van der Waals surface area contributed by atoms with Crippen LogP contribution in [0.25, 0.3) is 0 Å². The highest BCUT2D eigenvalue weighted by molar-refractivity contribution is 4.50. The zero-order chi connectivity index (χ0) is 12.1. The zero-order valence-corrected chi connectivity index (χ0v) is 11.4. The predicted molar refractivity (Wildman–Crippen MR) is 71.0 cm³/mol. The number of nitrogens with zero attached hydrogens (tertiary/aromatic N) is 1. The quantitative estimate of drug-likeness (QED) is 0.520. The van der Waals surface area contributed by atoms with Gasteiger partial charge in [-0.15, -0.1) is 0 Å². The van der Waals surface area contributed by atoms with Gasteiger partial charge in [-0.1, -0.05) is 26.2 Å². The number of unbranched alkanes of at least 4 members (excludes halogenated alkanes) is 3. The number of ether oxygens (including phenoxy) is 1. The van der Waals surface area contributed by atoms with Crippen LogP contribution >= 0.6 is 0 Å². The fourth-order valence-electron chi connectivity index (χ4n) is 1.52. The number of nitrogens with one attached hydrogen (secondary N) is 1. The fraction of sp³-hybridized carbons (Fsp3) is 1.00. The Labute approximate surface area is 102 Å². The van der Waals surface area contributed by atoms with E-state index in [1.54, 1.807) is 0 Å². The maximum Gasteiger partial charge on any atom is 0.0590 e. The van der Waals surface area contributed by atoms with Gasteiger partial charge in [-0.2, -0.15) is 0 Å². The van der Waals surface area contributed by atoms with Crippen LogP contribution in [-0.4, -0.2) is 51.8 Å². The van der Waals surface area contributed by atoms with Gasteiger partial charge < -0.3 is 15.0 Å². The maximum atomic E-state index is 5.53. The first-order valence-corrected chi connectivity index (χ1v) is 6.70. The Morgan fingerprint density at radius 3 is 2.44 bits per heavy atom. The molecule has 0 atom stereocenters. The summed E-state index contributed by atoms with van der Waals surface area (Å²) in [5.41, 5.74) is 0. The Hall–Kier alpha value is -0.120. The lowest BCUT2D eigenvalue weighted by Crippen LogP contribution is -2.24. The molecule has 0 heterocycles. The van der Waals surface area contributed by atoms with Crippen molar-refractivity contribution in [2.75, 3.05) is 46.9 Å². The molecule has 0 aliphatic rings. The van der Waals surface area contributed by atoms with Gasteiger partial charge in [0, 0.05) is 13.2 Å². The molecule has 0 spiro atoms. The maximum absolute atomic E-state index is 5.53. The summed E-state index contributed by atoms with van der Waals surface area (Å²) in [4.78, 5) is 2.21. The molecule has 98 valence electrons. The van der Waals surface area contributed by atoms with E-state index in [1.807, 2.05) is 0 Å². The molecule has 1 N–H and O–H groups in total. The van der Waals surface area contributed by atoms with E-state index in [0.717, 1.165) is 32.8 Å². The highest BCUT2D eigenvalue weighted by atomic mass is 16.5. The Kier molecular flexibility index (Phi) is 12.9. The number of hydrogen-bond acceptors (Lipinski definition) is 3. The highest BCUT2D eigenvalue weighted by Crippen LogP contribution is 1.98. The molecule has 0 unspecified atom stereocenters. The van der Waals surface area contributed by atoms with E-state index < -0.39 is 0 Å². The van der Waals surface area contributed by atoms with Crippen molar-refractivity contribution in [2.24, 2.45) is 0 Å². The second-order valence-corrected chi connectivity index (χ2v) is 4.58. The summed E-state index contributed by atoms with van der Waals surface area (Å²) in [5.74, 6) is 0. The summed E-state index contributed by atoms with van der Waals surface area (Å²) < 4.78 is 5.53. The third-order valence-corrected chi connectivity index (χ3v) is 2.52. The standard InChI is InChI=1S/C13H30N2O/c1-4-5-6-7-12-16-13-10-14-9-8-11-15(2)3/h14H,4-13H2,1-3H3. The van der Waals surface area contributed by atoms with Gasteiger partial charge >= 0.3 is 0 Å². The van der Waals surface area contributed by atoms with Gasteiger partial charge in [-0.25, -0.2) is 0 Å². The lowest BCUT2D eigenvalue weighted by Gasteiger charge is -2.09. The molecule has 0 bridgehead atoms. The molecule has 0 amide bonds. The minimum Gasteiger partial charge on any atom is -0.380 e. The van der Waals surface area contributed by atoms with Gasteiger partial charge in [0.2, 0.25) is 0 Å². The van der Waals surface area contributed by atoms with Crippen molar-refractivity contribution in [3.05, 3.63) is 0 Å². The smallest absolute Gasteiger partial charge is 0.0590 e. The van der Waals surface area contributed by atoms with Crippen LogP contribution in [0.4, 0.5) is 0 Å². The van der Waals surface area contributed by atoms with E-state index in [0.29, 0.717) is 0 Å². The van der Waals surface area contributed by atoms with E-state index >= 15 is 0 Å². The molecule has 3 nitrogen and oxygen atoms in total. The Morgan fingerprint density at radius 2 is 1.75 bits per heavy atom. The molecule has 16 heavy (non-hydrogen) atoms. The molecule has 0 rings (SSSR count). The monoisotopic (exact) mass is 230 g/mol. The van der Waals surface area contributed by atoms with Crippen LogP contribution in [0.3, 0.4) is 0 Å². The normalized spacial score (nSPS) is 11.2. The number of hydrogen-bond donors (Lipinski definition) is 1. The summed E-state index contributed by atoms with van der Waals surface area (Å²) >= 11 is 0. The van der Waals surface area contributed by atoms with E-state index in [4.69, 9.17) is 4.74 Å².